The molecule has 3 rings (SSSR count). The SMILES string of the molecule is CCCCCCC(Cc1cccnc1)c1ccc(OCCCCC2CCCCC2)cc1. The van der Waals surface area contributed by atoms with Crippen molar-refractivity contribution in [2.75, 3.05) is 6.61 Å². The van der Waals surface area contributed by atoms with Gasteiger partial charge in [-0.2, -0.15) is 0 Å². The number of unbranched alkanes of at least 4 members (excludes halogenated alkanes) is 4. The second-order valence-electron chi connectivity index (χ2n) is 9.53. The first-order valence-electron chi connectivity index (χ1n) is 13.0. The second-order valence-corrected chi connectivity index (χ2v) is 9.53. The summed E-state index contributed by atoms with van der Waals surface area (Å²) in [6.07, 6.45) is 22.6. The maximum atomic E-state index is 6.05. The van der Waals surface area contributed by atoms with Gasteiger partial charge >= 0.3 is 0 Å². The van der Waals surface area contributed by atoms with E-state index in [0.717, 1.165) is 24.7 Å². The van der Waals surface area contributed by atoms with Crippen LogP contribution >= 0.6 is 0 Å². The maximum absolute atomic E-state index is 6.05. The quantitative estimate of drug-likeness (QED) is 0.285. The van der Waals surface area contributed by atoms with Gasteiger partial charge in [-0.15, -0.1) is 0 Å². The minimum atomic E-state index is 0.561. The highest BCUT2D eigenvalue weighted by molar-refractivity contribution is 5.30. The molecule has 2 aromatic rings. The summed E-state index contributed by atoms with van der Waals surface area (Å²) in [7, 11) is 0. The van der Waals surface area contributed by atoms with E-state index in [0.29, 0.717) is 5.92 Å². The van der Waals surface area contributed by atoms with E-state index in [1.807, 2.05) is 12.4 Å². The van der Waals surface area contributed by atoms with Crippen LogP contribution in [-0.2, 0) is 6.42 Å². The molecule has 0 radical (unpaired) electrons. The van der Waals surface area contributed by atoms with Crippen LogP contribution in [-0.4, -0.2) is 11.6 Å². The number of nitrogens with zero attached hydrogens (tertiary/aromatic N) is 1. The van der Waals surface area contributed by atoms with Gasteiger partial charge in [0.15, 0.2) is 0 Å². The van der Waals surface area contributed by atoms with Gasteiger partial charge in [0.2, 0.25) is 0 Å². The minimum absolute atomic E-state index is 0.561. The van der Waals surface area contributed by atoms with Gasteiger partial charge in [-0.1, -0.05) is 89.3 Å². The van der Waals surface area contributed by atoms with Gasteiger partial charge in [-0.05, 0) is 66.8 Å². The predicted molar refractivity (Wildman–Crippen MR) is 132 cm³/mol. The monoisotopic (exact) mass is 421 g/mol. The van der Waals surface area contributed by atoms with Crippen molar-refractivity contribution in [2.24, 2.45) is 5.92 Å². The summed E-state index contributed by atoms with van der Waals surface area (Å²) in [5.74, 6) is 2.57. The van der Waals surface area contributed by atoms with Crippen molar-refractivity contribution in [3.8, 4) is 5.75 Å². The van der Waals surface area contributed by atoms with E-state index in [9.17, 15) is 0 Å². The van der Waals surface area contributed by atoms with Crippen LogP contribution in [0, 0.1) is 5.92 Å². The molecule has 0 bridgehead atoms. The molecule has 0 spiro atoms. The van der Waals surface area contributed by atoms with Crippen LogP contribution in [0.3, 0.4) is 0 Å². The van der Waals surface area contributed by atoms with Crippen LogP contribution in [0.4, 0.5) is 0 Å². The molecule has 2 nitrogen and oxygen atoms in total. The summed E-state index contributed by atoms with van der Waals surface area (Å²) < 4.78 is 6.05. The van der Waals surface area contributed by atoms with E-state index in [-0.39, 0.29) is 0 Å². The first-order chi connectivity index (χ1) is 15.3. The fourth-order valence-electron chi connectivity index (χ4n) is 5.04. The number of aromatic nitrogens is 1. The maximum Gasteiger partial charge on any atom is 0.119 e. The smallest absolute Gasteiger partial charge is 0.119 e. The fourth-order valence-corrected chi connectivity index (χ4v) is 5.04. The molecule has 1 atom stereocenters. The Kier molecular flexibility index (Phi) is 11.0. The van der Waals surface area contributed by atoms with Crippen LogP contribution in [0.15, 0.2) is 48.8 Å². The van der Waals surface area contributed by atoms with Crippen LogP contribution in [0.1, 0.15) is 107 Å². The van der Waals surface area contributed by atoms with Crippen molar-refractivity contribution >= 4 is 0 Å². The molecule has 0 saturated heterocycles. The number of hydrogen-bond acceptors (Lipinski definition) is 2. The third-order valence-corrected chi connectivity index (χ3v) is 6.96. The van der Waals surface area contributed by atoms with Crippen molar-refractivity contribution in [2.45, 2.75) is 103 Å². The first-order valence-corrected chi connectivity index (χ1v) is 13.0. The lowest BCUT2D eigenvalue weighted by atomic mass is 9.86. The molecule has 0 amide bonds. The molecule has 0 N–H and O–H groups in total. The van der Waals surface area contributed by atoms with Gasteiger partial charge < -0.3 is 4.74 Å². The summed E-state index contributed by atoms with van der Waals surface area (Å²) in [5, 5.41) is 0. The topological polar surface area (TPSA) is 22.1 Å². The number of pyridine rings is 1. The Balaban J connectivity index is 1.44. The lowest BCUT2D eigenvalue weighted by Gasteiger charge is -2.21. The van der Waals surface area contributed by atoms with Gasteiger partial charge in [0.25, 0.3) is 0 Å². The van der Waals surface area contributed by atoms with E-state index in [2.05, 4.69) is 48.3 Å². The molecule has 1 unspecified atom stereocenters. The molecule has 1 aliphatic carbocycles. The van der Waals surface area contributed by atoms with Crippen LogP contribution in [0.5, 0.6) is 5.75 Å². The summed E-state index contributed by atoms with van der Waals surface area (Å²) in [6, 6.07) is 13.2. The summed E-state index contributed by atoms with van der Waals surface area (Å²) >= 11 is 0. The predicted octanol–water partition coefficient (Wildman–Crippen LogP) is 8.51. The standard InChI is InChI=1S/C29H43NO/c1-2-3-4-8-16-28(23-26-15-11-21-30-24-26)27-17-19-29(20-18-27)31-22-10-9-14-25-12-6-5-7-13-25/h11,15,17-21,24-25,28H,2-10,12-14,16,22-23H2,1H3. The molecular weight excluding hydrogens is 378 g/mol. The van der Waals surface area contributed by atoms with Gasteiger partial charge in [0.1, 0.15) is 5.75 Å². The number of ether oxygens (including phenoxy) is 1. The molecule has 2 heteroatoms. The molecule has 0 aliphatic heterocycles. The lowest BCUT2D eigenvalue weighted by molar-refractivity contribution is 0.283. The second kappa shape index (κ2) is 14.3. The third kappa shape index (κ3) is 9.05. The van der Waals surface area contributed by atoms with E-state index >= 15 is 0 Å². The highest BCUT2D eigenvalue weighted by atomic mass is 16.5. The van der Waals surface area contributed by atoms with Crippen molar-refractivity contribution in [3.05, 3.63) is 59.9 Å². The molecule has 1 saturated carbocycles. The third-order valence-electron chi connectivity index (χ3n) is 6.96. The molecule has 170 valence electrons. The van der Waals surface area contributed by atoms with Gasteiger partial charge in [0, 0.05) is 12.4 Å². The number of benzene rings is 1. The summed E-state index contributed by atoms with van der Waals surface area (Å²) in [4.78, 5) is 4.31. The zero-order valence-corrected chi connectivity index (χ0v) is 19.7. The van der Waals surface area contributed by atoms with E-state index in [4.69, 9.17) is 4.74 Å². The Morgan fingerprint density at radius 3 is 2.52 bits per heavy atom. The Hall–Kier alpha value is -1.83. The minimum Gasteiger partial charge on any atom is -0.494 e. The molecule has 1 aromatic carbocycles. The highest BCUT2D eigenvalue weighted by Crippen LogP contribution is 2.29. The van der Waals surface area contributed by atoms with E-state index in [1.165, 1.54) is 94.6 Å². The molecule has 31 heavy (non-hydrogen) atoms. The van der Waals surface area contributed by atoms with E-state index in [1.54, 1.807) is 0 Å². The summed E-state index contributed by atoms with van der Waals surface area (Å²) in [6.45, 7) is 3.13. The van der Waals surface area contributed by atoms with Crippen LogP contribution in [0.2, 0.25) is 0 Å². The highest BCUT2D eigenvalue weighted by Gasteiger charge is 2.14. The van der Waals surface area contributed by atoms with Crippen LogP contribution < -0.4 is 4.74 Å². The average molecular weight is 422 g/mol. The van der Waals surface area contributed by atoms with Crippen molar-refractivity contribution in [1.82, 2.24) is 4.98 Å². The normalized spacial score (nSPS) is 15.6. The Bertz CT molecular complexity index is 690. The Morgan fingerprint density at radius 1 is 0.935 bits per heavy atom. The van der Waals surface area contributed by atoms with Gasteiger partial charge in [-0.3, -0.25) is 4.98 Å². The molecule has 1 heterocycles. The molecule has 1 aromatic heterocycles. The van der Waals surface area contributed by atoms with Gasteiger partial charge in [0.05, 0.1) is 6.61 Å². The zero-order valence-electron chi connectivity index (χ0n) is 19.7. The van der Waals surface area contributed by atoms with Gasteiger partial charge in [-0.25, -0.2) is 0 Å². The Labute approximate surface area is 190 Å². The lowest BCUT2D eigenvalue weighted by Crippen LogP contribution is -2.07. The first kappa shape index (κ1) is 23.8. The molecule has 1 fully saturated rings. The van der Waals surface area contributed by atoms with Crippen molar-refractivity contribution < 1.29 is 4.74 Å². The average Bonchev–Trinajstić information content (AvgIpc) is 2.83. The van der Waals surface area contributed by atoms with Crippen molar-refractivity contribution in [3.63, 3.8) is 0 Å². The zero-order chi connectivity index (χ0) is 21.6. The summed E-state index contributed by atoms with van der Waals surface area (Å²) in [5.41, 5.74) is 2.77. The number of rotatable bonds is 14. The Morgan fingerprint density at radius 2 is 1.77 bits per heavy atom. The fraction of sp³-hybridized carbons (Fsp3) is 0.621. The molecular formula is C29H43NO. The van der Waals surface area contributed by atoms with Crippen LogP contribution in [0.25, 0.3) is 0 Å². The van der Waals surface area contributed by atoms with Crippen molar-refractivity contribution in [1.29, 1.82) is 0 Å². The van der Waals surface area contributed by atoms with E-state index < -0.39 is 0 Å². The molecule has 1 aliphatic rings. The largest absolute Gasteiger partial charge is 0.494 e. The number of hydrogen-bond donors (Lipinski definition) is 0.